The van der Waals surface area contributed by atoms with Gasteiger partial charge in [-0.25, -0.2) is 9.78 Å². The number of amides is 1. The lowest BCUT2D eigenvalue weighted by Crippen LogP contribution is -2.49. The summed E-state index contributed by atoms with van der Waals surface area (Å²) in [6, 6.07) is 2.44. The fraction of sp³-hybridized carbons (Fsp3) is 0.625. The monoisotopic (exact) mass is 471 g/mol. The Bertz CT molecular complexity index is 632. The minimum atomic E-state index is -4.49. The van der Waals surface area contributed by atoms with E-state index in [9.17, 15) is 18.0 Å². The molecule has 2 rings (SSSR count). The summed E-state index contributed by atoms with van der Waals surface area (Å²) in [6.07, 6.45) is -3.52. The molecule has 1 aliphatic heterocycles. The van der Waals surface area contributed by atoms with Gasteiger partial charge in [-0.05, 0) is 68.3 Å². The predicted octanol–water partition coefficient (Wildman–Crippen LogP) is 4.20. The molecule has 0 saturated carbocycles. The van der Waals surface area contributed by atoms with Crippen LogP contribution in [0.25, 0.3) is 0 Å². The average molecular weight is 471 g/mol. The third-order valence-electron chi connectivity index (χ3n) is 3.53. The lowest BCUT2D eigenvalue weighted by molar-refractivity contribution is -0.141. The normalized spacial score (nSPS) is 18.8. The van der Waals surface area contributed by atoms with Crippen LogP contribution in [0.5, 0.6) is 0 Å². The summed E-state index contributed by atoms with van der Waals surface area (Å²) >= 11 is 1.85. The summed E-state index contributed by atoms with van der Waals surface area (Å²) in [7, 11) is 0. The van der Waals surface area contributed by atoms with E-state index in [1.807, 2.05) is 22.6 Å². The zero-order chi connectivity index (χ0) is 18.8. The summed E-state index contributed by atoms with van der Waals surface area (Å²) in [5.41, 5.74) is -1.51. The number of carbonyl (C=O) groups excluding carboxylic acids is 1. The van der Waals surface area contributed by atoms with Crippen LogP contribution in [0, 0.1) is 3.57 Å². The number of aromatic nitrogens is 1. The molecule has 9 heteroatoms. The Balaban J connectivity index is 2.08. The molecule has 1 saturated heterocycles. The van der Waals surface area contributed by atoms with Gasteiger partial charge in [-0.2, -0.15) is 13.2 Å². The van der Waals surface area contributed by atoms with E-state index < -0.39 is 23.6 Å². The van der Waals surface area contributed by atoms with Gasteiger partial charge in [0.25, 0.3) is 0 Å². The number of nitrogens with zero attached hydrogens (tertiary/aromatic N) is 2. The number of hydrogen-bond acceptors (Lipinski definition) is 4. The fourth-order valence-corrected chi connectivity index (χ4v) is 3.14. The van der Waals surface area contributed by atoms with Gasteiger partial charge in [0, 0.05) is 22.7 Å². The minimum absolute atomic E-state index is 0.197. The average Bonchev–Trinajstić information content (AvgIpc) is 2.43. The molecule has 2 heterocycles. The highest BCUT2D eigenvalue weighted by atomic mass is 127. The highest BCUT2D eigenvalue weighted by molar-refractivity contribution is 14.1. The third kappa shape index (κ3) is 6.19. The first-order valence-corrected chi connectivity index (χ1v) is 9.01. The van der Waals surface area contributed by atoms with Gasteiger partial charge in [-0.3, -0.25) is 0 Å². The van der Waals surface area contributed by atoms with Crippen LogP contribution in [0.4, 0.5) is 23.8 Å². The molecule has 0 aromatic carbocycles. The van der Waals surface area contributed by atoms with Crippen molar-refractivity contribution in [3.05, 3.63) is 21.4 Å². The lowest BCUT2D eigenvalue weighted by Gasteiger charge is -2.34. The zero-order valence-corrected chi connectivity index (χ0v) is 16.4. The number of rotatable bonds is 2. The molecule has 1 unspecified atom stereocenters. The molecule has 1 amide bonds. The van der Waals surface area contributed by atoms with Crippen molar-refractivity contribution in [1.29, 1.82) is 0 Å². The first-order valence-electron chi connectivity index (χ1n) is 7.93. The van der Waals surface area contributed by atoms with E-state index in [2.05, 4.69) is 10.3 Å². The first-order chi connectivity index (χ1) is 11.4. The standard InChI is InChI=1S/C16H21F3IN3O2/c1-15(2,3)25-14(24)21-11-5-4-6-23(9-11)13-8-10(20)7-12(22-13)16(17,18)19/h7-8,11H,4-6,9H2,1-3H3,(H,21,24). The Kier molecular flexibility index (Phi) is 6.05. The Morgan fingerprint density at radius 2 is 2.04 bits per heavy atom. The SMILES string of the molecule is CC(C)(C)OC(=O)NC1CCCN(c2cc(I)cc(C(F)(F)F)n2)C1. The Morgan fingerprint density at radius 1 is 1.36 bits per heavy atom. The van der Waals surface area contributed by atoms with Crippen molar-refractivity contribution in [2.75, 3.05) is 18.0 Å². The number of halogens is 4. The van der Waals surface area contributed by atoms with Crippen molar-refractivity contribution in [1.82, 2.24) is 10.3 Å². The second-order valence-electron chi connectivity index (χ2n) is 6.96. The van der Waals surface area contributed by atoms with Crippen molar-refractivity contribution < 1.29 is 22.7 Å². The summed E-state index contributed by atoms with van der Waals surface area (Å²) in [6.45, 7) is 6.30. The molecule has 0 radical (unpaired) electrons. The van der Waals surface area contributed by atoms with Crippen LogP contribution in [-0.4, -0.2) is 35.8 Å². The van der Waals surface area contributed by atoms with Crippen LogP contribution in [0.1, 0.15) is 39.3 Å². The van der Waals surface area contributed by atoms with Gasteiger partial charge in [0.15, 0.2) is 0 Å². The smallest absolute Gasteiger partial charge is 0.433 e. The van der Waals surface area contributed by atoms with E-state index in [1.54, 1.807) is 31.7 Å². The molecular formula is C16H21F3IN3O2. The van der Waals surface area contributed by atoms with Crippen molar-refractivity contribution in [3.63, 3.8) is 0 Å². The highest BCUT2D eigenvalue weighted by Crippen LogP contribution is 2.31. The second kappa shape index (κ2) is 7.55. The molecular weight excluding hydrogens is 450 g/mol. The molecule has 0 bridgehead atoms. The maximum Gasteiger partial charge on any atom is 0.433 e. The predicted molar refractivity (Wildman–Crippen MR) is 96.6 cm³/mol. The molecule has 0 aliphatic carbocycles. The van der Waals surface area contributed by atoms with Crippen molar-refractivity contribution in [2.24, 2.45) is 0 Å². The molecule has 140 valence electrons. The van der Waals surface area contributed by atoms with Gasteiger partial charge in [0.2, 0.25) is 0 Å². The molecule has 1 aromatic heterocycles. The molecule has 25 heavy (non-hydrogen) atoms. The molecule has 1 fully saturated rings. The maximum absolute atomic E-state index is 13.0. The second-order valence-corrected chi connectivity index (χ2v) is 8.20. The number of carbonyl (C=O) groups is 1. The van der Waals surface area contributed by atoms with E-state index >= 15 is 0 Å². The van der Waals surface area contributed by atoms with Crippen molar-refractivity contribution in [2.45, 2.75) is 51.4 Å². The van der Waals surface area contributed by atoms with E-state index in [0.29, 0.717) is 16.7 Å². The zero-order valence-electron chi connectivity index (χ0n) is 14.3. The van der Waals surface area contributed by atoms with E-state index in [-0.39, 0.29) is 11.9 Å². The Hall–Kier alpha value is -1.26. The molecule has 1 aliphatic rings. The van der Waals surface area contributed by atoms with Gasteiger partial charge in [-0.15, -0.1) is 0 Å². The fourth-order valence-electron chi connectivity index (χ4n) is 2.57. The molecule has 5 nitrogen and oxygen atoms in total. The highest BCUT2D eigenvalue weighted by Gasteiger charge is 2.34. The van der Waals surface area contributed by atoms with Crippen LogP contribution in [0.15, 0.2) is 12.1 Å². The number of anilines is 1. The Morgan fingerprint density at radius 3 is 2.64 bits per heavy atom. The van der Waals surface area contributed by atoms with E-state index in [4.69, 9.17) is 4.74 Å². The van der Waals surface area contributed by atoms with Crippen LogP contribution in [-0.2, 0) is 10.9 Å². The number of hydrogen-bond donors (Lipinski definition) is 1. The molecule has 1 atom stereocenters. The van der Waals surface area contributed by atoms with Gasteiger partial charge in [0.05, 0.1) is 0 Å². The summed E-state index contributed by atoms with van der Waals surface area (Å²) in [4.78, 5) is 17.4. The number of pyridine rings is 1. The van der Waals surface area contributed by atoms with E-state index in [0.717, 1.165) is 18.9 Å². The first kappa shape index (κ1) is 20.1. The summed E-state index contributed by atoms with van der Waals surface area (Å²) < 4.78 is 44.6. The van der Waals surface area contributed by atoms with Crippen LogP contribution in [0.3, 0.4) is 0 Å². The molecule has 0 spiro atoms. The topological polar surface area (TPSA) is 54.5 Å². The quantitative estimate of drug-likeness (QED) is 0.658. The summed E-state index contributed by atoms with van der Waals surface area (Å²) in [5.74, 6) is 0.273. The molecule has 1 N–H and O–H groups in total. The Labute approximate surface area is 158 Å². The van der Waals surface area contributed by atoms with Crippen LogP contribution >= 0.6 is 22.6 Å². The van der Waals surface area contributed by atoms with Crippen LogP contribution < -0.4 is 10.2 Å². The number of alkyl carbamates (subject to hydrolysis) is 1. The van der Waals surface area contributed by atoms with Gasteiger partial charge in [-0.1, -0.05) is 0 Å². The minimum Gasteiger partial charge on any atom is -0.444 e. The van der Waals surface area contributed by atoms with E-state index in [1.165, 1.54) is 0 Å². The van der Waals surface area contributed by atoms with Crippen molar-refractivity contribution in [3.8, 4) is 0 Å². The number of ether oxygens (including phenoxy) is 1. The summed E-state index contributed by atoms with van der Waals surface area (Å²) in [5, 5.41) is 2.78. The largest absolute Gasteiger partial charge is 0.444 e. The van der Waals surface area contributed by atoms with Crippen LogP contribution in [0.2, 0.25) is 0 Å². The maximum atomic E-state index is 13.0. The van der Waals surface area contributed by atoms with Gasteiger partial charge in [0.1, 0.15) is 17.1 Å². The number of piperidine rings is 1. The van der Waals surface area contributed by atoms with Gasteiger partial charge < -0.3 is 15.0 Å². The number of nitrogens with one attached hydrogen (secondary N) is 1. The number of alkyl halides is 3. The van der Waals surface area contributed by atoms with Gasteiger partial charge >= 0.3 is 12.3 Å². The van der Waals surface area contributed by atoms with Crippen molar-refractivity contribution >= 4 is 34.5 Å². The third-order valence-corrected chi connectivity index (χ3v) is 4.16. The molecule has 1 aromatic rings. The lowest BCUT2D eigenvalue weighted by atomic mass is 10.1.